The van der Waals surface area contributed by atoms with Crippen LogP contribution in [0.4, 0.5) is 0 Å². The lowest BCUT2D eigenvalue weighted by molar-refractivity contribution is 0.580. The summed E-state index contributed by atoms with van der Waals surface area (Å²) in [6, 6.07) is 14.3. The van der Waals surface area contributed by atoms with Crippen LogP contribution in [0.1, 0.15) is 11.1 Å². The Kier molecular flexibility index (Phi) is 7.44. The predicted octanol–water partition coefficient (Wildman–Crippen LogP) is 2.29. The Morgan fingerprint density at radius 1 is 1.04 bits per heavy atom. The van der Waals surface area contributed by atoms with E-state index in [0.29, 0.717) is 24.1 Å². The zero-order chi connectivity index (χ0) is 19.0. The van der Waals surface area contributed by atoms with Crippen LogP contribution in [0, 0.1) is 6.92 Å². The van der Waals surface area contributed by atoms with Gasteiger partial charge in [-0.05, 0) is 30.7 Å². The van der Waals surface area contributed by atoms with E-state index >= 15 is 0 Å². The van der Waals surface area contributed by atoms with Crippen molar-refractivity contribution in [3.05, 3.63) is 64.7 Å². The van der Waals surface area contributed by atoms with Gasteiger partial charge in [0.05, 0.1) is 4.90 Å². The number of guanidine groups is 1. The smallest absolute Gasteiger partial charge is 0.240 e. The molecule has 3 N–H and O–H groups in total. The fourth-order valence-corrected chi connectivity index (χ4v) is 3.44. The van der Waals surface area contributed by atoms with E-state index in [-0.39, 0.29) is 11.4 Å². The lowest BCUT2D eigenvalue weighted by Gasteiger charge is -2.13. The molecule has 2 aromatic rings. The Hall–Kier alpha value is -2.09. The summed E-state index contributed by atoms with van der Waals surface area (Å²) in [5, 5.41) is 6.88. The second kappa shape index (κ2) is 9.56. The van der Waals surface area contributed by atoms with Crippen molar-refractivity contribution in [3.63, 3.8) is 0 Å². The van der Waals surface area contributed by atoms with Crippen LogP contribution in [0.25, 0.3) is 0 Å². The number of hydrogen-bond acceptors (Lipinski definition) is 3. The molecule has 26 heavy (non-hydrogen) atoms. The minimum atomic E-state index is -3.51. The molecule has 0 aromatic heterocycles. The maximum Gasteiger partial charge on any atom is 0.240 e. The van der Waals surface area contributed by atoms with Gasteiger partial charge in [0, 0.05) is 31.7 Å². The summed E-state index contributed by atoms with van der Waals surface area (Å²) in [6.45, 7) is 3.07. The molecule has 0 spiro atoms. The van der Waals surface area contributed by atoms with Crippen LogP contribution in [-0.4, -0.2) is 34.5 Å². The van der Waals surface area contributed by atoms with E-state index in [1.807, 2.05) is 31.2 Å². The van der Waals surface area contributed by atoms with Crippen LogP contribution in [0.5, 0.6) is 0 Å². The molecule has 0 aliphatic heterocycles. The summed E-state index contributed by atoms with van der Waals surface area (Å²) >= 11 is 6.12. The number of aryl methyl sites for hydroxylation is 1. The van der Waals surface area contributed by atoms with E-state index in [1.54, 1.807) is 31.3 Å². The average molecular weight is 395 g/mol. The van der Waals surface area contributed by atoms with E-state index in [1.165, 1.54) is 0 Å². The van der Waals surface area contributed by atoms with Crippen molar-refractivity contribution in [2.24, 2.45) is 4.99 Å². The molecule has 0 bridgehead atoms. The second-order valence-electron chi connectivity index (χ2n) is 5.65. The Bertz CT molecular complexity index is 852. The highest BCUT2D eigenvalue weighted by Crippen LogP contribution is 2.14. The van der Waals surface area contributed by atoms with Gasteiger partial charge in [0.1, 0.15) is 0 Å². The minimum Gasteiger partial charge on any atom is -0.355 e. The van der Waals surface area contributed by atoms with E-state index in [4.69, 9.17) is 11.6 Å². The third-order valence-corrected chi connectivity index (χ3v) is 5.51. The molecule has 0 radical (unpaired) electrons. The minimum absolute atomic E-state index is 0.239. The monoisotopic (exact) mass is 394 g/mol. The van der Waals surface area contributed by atoms with Gasteiger partial charge in [-0.15, -0.1) is 0 Å². The molecule has 0 unspecified atom stereocenters. The van der Waals surface area contributed by atoms with Gasteiger partial charge >= 0.3 is 0 Å². The lowest BCUT2D eigenvalue weighted by atomic mass is 10.2. The summed E-state index contributed by atoms with van der Waals surface area (Å²) in [5.74, 6) is 0.569. The Balaban J connectivity index is 1.78. The van der Waals surface area contributed by atoms with Gasteiger partial charge in [0.15, 0.2) is 5.96 Å². The van der Waals surface area contributed by atoms with E-state index < -0.39 is 10.0 Å². The van der Waals surface area contributed by atoms with Gasteiger partial charge < -0.3 is 10.6 Å². The Morgan fingerprint density at radius 2 is 1.73 bits per heavy atom. The first-order chi connectivity index (χ1) is 12.4. The molecular formula is C18H23ClN4O2S. The fourth-order valence-electron chi connectivity index (χ4n) is 2.21. The Labute approximate surface area is 159 Å². The molecule has 0 saturated carbocycles. The summed E-state index contributed by atoms with van der Waals surface area (Å²) < 4.78 is 27.0. The fraction of sp³-hybridized carbons (Fsp3) is 0.278. The third-order valence-electron chi connectivity index (χ3n) is 3.67. The van der Waals surface area contributed by atoms with Gasteiger partial charge in [0.25, 0.3) is 0 Å². The molecule has 6 nitrogen and oxygen atoms in total. The number of aliphatic imine (C=N–C) groups is 1. The van der Waals surface area contributed by atoms with Crippen LogP contribution >= 0.6 is 11.6 Å². The predicted molar refractivity (Wildman–Crippen MR) is 106 cm³/mol. The second-order valence-corrected chi connectivity index (χ2v) is 7.83. The molecule has 8 heteroatoms. The van der Waals surface area contributed by atoms with E-state index in [0.717, 1.165) is 11.1 Å². The summed E-state index contributed by atoms with van der Waals surface area (Å²) in [6.07, 6.45) is 0. The number of nitrogens with one attached hydrogen (secondary N) is 3. The van der Waals surface area contributed by atoms with Crippen LogP contribution in [-0.2, 0) is 16.6 Å². The quantitative estimate of drug-likeness (QED) is 0.382. The largest absolute Gasteiger partial charge is 0.355 e. The molecule has 0 saturated heterocycles. The van der Waals surface area contributed by atoms with Crippen LogP contribution < -0.4 is 15.4 Å². The molecule has 2 aromatic carbocycles. The van der Waals surface area contributed by atoms with Crippen LogP contribution in [0.2, 0.25) is 5.02 Å². The number of nitrogens with zero attached hydrogens (tertiary/aromatic N) is 1. The van der Waals surface area contributed by atoms with Gasteiger partial charge in [-0.1, -0.05) is 47.5 Å². The van der Waals surface area contributed by atoms with Crippen molar-refractivity contribution < 1.29 is 8.42 Å². The first-order valence-corrected chi connectivity index (χ1v) is 10.0. The Morgan fingerprint density at radius 3 is 2.38 bits per heavy atom. The molecule has 0 aliphatic carbocycles. The van der Waals surface area contributed by atoms with Gasteiger partial charge in [0.2, 0.25) is 10.0 Å². The number of rotatable bonds is 7. The molecule has 0 amide bonds. The van der Waals surface area contributed by atoms with Crippen molar-refractivity contribution >= 4 is 27.6 Å². The van der Waals surface area contributed by atoms with Crippen molar-refractivity contribution in [1.29, 1.82) is 0 Å². The third kappa shape index (κ3) is 6.01. The van der Waals surface area contributed by atoms with Gasteiger partial charge in [-0.3, -0.25) is 4.99 Å². The van der Waals surface area contributed by atoms with Crippen molar-refractivity contribution in [1.82, 2.24) is 15.4 Å². The first kappa shape index (κ1) is 20.2. The van der Waals surface area contributed by atoms with Gasteiger partial charge in [-0.2, -0.15) is 0 Å². The van der Waals surface area contributed by atoms with E-state index in [2.05, 4.69) is 20.3 Å². The standard InChI is InChI=1S/C18H23ClN4O2S/c1-14-7-9-16(10-8-14)26(24,25)23-12-11-21-18(20-2)22-13-15-5-3-4-6-17(15)19/h3-10,23H,11-13H2,1-2H3,(H2,20,21,22). The summed E-state index contributed by atoms with van der Waals surface area (Å²) in [5.41, 5.74) is 1.97. The highest BCUT2D eigenvalue weighted by Gasteiger charge is 2.12. The molecule has 0 heterocycles. The van der Waals surface area contributed by atoms with Crippen molar-refractivity contribution in [2.75, 3.05) is 20.1 Å². The summed E-state index contributed by atoms with van der Waals surface area (Å²) in [4.78, 5) is 4.36. The van der Waals surface area contributed by atoms with E-state index in [9.17, 15) is 8.42 Å². The van der Waals surface area contributed by atoms with Crippen LogP contribution in [0.15, 0.2) is 58.4 Å². The normalized spacial score (nSPS) is 12.0. The SMILES string of the molecule is CN=C(NCCNS(=O)(=O)c1ccc(C)cc1)NCc1ccccc1Cl. The maximum absolute atomic E-state index is 12.2. The average Bonchev–Trinajstić information content (AvgIpc) is 2.62. The molecule has 0 atom stereocenters. The summed E-state index contributed by atoms with van der Waals surface area (Å²) in [7, 11) is -1.86. The molecule has 0 fully saturated rings. The molecular weight excluding hydrogens is 372 g/mol. The lowest BCUT2D eigenvalue weighted by Crippen LogP contribution is -2.41. The number of halogens is 1. The van der Waals surface area contributed by atoms with Crippen molar-refractivity contribution in [3.8, 4) is 0 Å². The van der Waals surface area contributed by atoms with Gasteiger partial charge in [-0.25, -0.2) is 13.1 Å². The molecule has 2 rings (SSSR count). The first-order valence-electron chi connectivity index (χ1n) is 8.16. The zero-order valence-corrected chi connectivity index (χ0v) is 16.4. The molecule has 0 aliphatic rings. The number of sulfonamides is 1. The molecule has 140 valence electrons. The zero-order valence-electron chi connectivity index (χ0n) is 14.8. The number of benzene rings is 2. The topological polar surface area (TPSA) is 82.6 Å². The number of hydrogen-bond donors (Lipinski definition) is 3. The highest BCUT2D eigenvalue weighted by atomic mass is 35.5. The van der Waals surface area contributed by atoms with Crippen molar-refractivity contribution in [2.45, 2.75) is 18.4 Å². The van der Waals surface area contributed by atoms with Crippen LogP contribution in [0.3, 0.4) is 0 Å². The highest BCUT2D eigenvalue weighted by molar-refractivity contribution is 7.89. The maximum atomic E-state index is 12.2.